The average molecular weight is 555 g/mol. The van der Waals surface area contributed by atoms with Gasteiger partial charge in [0.05, 0.1) is 6.61 Å². The molecule has 0 bridgehead atoms. The van der Waals surface area contributed by atoms with Gasteiger partial charge in [0.1, 0.15) is 11.3 Å². The first kappa shape index (κ1) is 34.2. The second kappa shape index (κ2) is 24.2. The smallest absolute Gasteiger partial charge is 0.341 e. The minimum atomic E-state index is -0.592. The number of esters is 1. The van der Waals surface area contributed by atoms with Gasteiger partial charge >= 0.3 is 5.97 Å². The molecule has 0 heterocycles. The summed E-state index contributed by atoms with van der Waals surface area (Å²) in [6.45, 7) is 2.27. The SMILES string of the molecule is CC/C=C\C/C=C\C/C=C\C/C=C\C/C=C\CCCCSC(OC)C(=O)CCCOC(=O)c1ccccc1O. The third kappa shape index (κ3) is 18.2. The molecule has 0 saturated carbocycles. The van der Waals surface area contributed by atoms with Crippen molar-refractivity contribution >= 4 is 23.5 Å². The fourth-order valence-electron chi connectivity index (χ4n) is 3.47. The van der Waals surface area contributed by atoms with Crippen molar-refractivity contribution < 1.29 is 24.2 Å². The first-order chi connectivity index (χ1) is 19.1. The predicted molar refractivity (Wildman–Crippen MR) is 164 cm³/mol. The van der Waals surface area contributed by atoms with Crippen LogP contribution >= 0.6 is 11.8 Å². The first-order valence-electron chi connectivity index (χ1n) is 14.0. The lowest BCUT2D eigenvalue weighted by Gasteiger charge is -2.13. The van der Waals surface area contributed by atoms with E-state index in [1.807, 2.05) is 0 Å². The minimum absolute atomic E-state index is 0.000987. The molecule has 1 atom stereocenters. The third-order valence-electron chi connectivity index (χ3n) is 5.59. The molecule has 1 N–H and O–H groups in total. The van der Waals surface area contributed by atoms with Crippen molar-refractivity contribution in [3.05, 3.63) is 90.6 Å². The van der Waals surface area contributed by atoms with Gasteiger partial charge in [-0.05, 0) is 75.7 Å². The lowest BCUT2D eigenvalue weighted by molar-refractivity contribution is -0.124. The lowest BCUT2D eigenvalue weighted by Crippen LogP contribution is -2.20. The Morgan fingerprint density at radius 2 is 1.44 bits per heavy atom. The summed E-state index contributed by atoms with van der Waals surface area (Å²) in [5, 5.41) is 9.70. The molecule has 6 heteroatoms. The monoisotopic (exact) mass is 554 g/mol. The normalized spacial score (nSPS) is 13.0. The maximum Gasteiger partial charge on any atom is 0.341 e. The molecule has 0 aliphatic carbocycles. The maximum atomic E-state index is 12.4. The number of ether oxygens (including phenoxy) is 2. The van der Waals surface area contributed by atoms with Gasteiger partial charge in [-0.15, -0.1) is 11.8 Å². The molecule has 0 aliphatic heterocycles. The summed E-state index contributed by atoms with van der Waals surface area (Å²) < 4.78 is 10.5. The van der Waals surface area contributed by atoms with Crippen LogP contribution in [0.1, 0.15) is 81.5 Å². The zero-order chi connectivity index (χ0) is 28.4. The number of hydrogen-bond donors (Lipinski definition) is 1. The van der Waals surface area contributed by atoms with Gasteiger partial charge in [0.25, 0.3) is 0 Å². The summed E-state index contributed by atoms with van der Waals surface area (Å²) in [5.74, 6) is 0.150. The zero-order valence-corrected chi connectivity index (χ0v) is 24.5. The number of thioether (sulfide) groups is 1. The van der Waals surface area contributed by atoms with Crippen LogP contribution < -0.4 is 0 Å². The van der Waals surface area contributed by atoms with Crippen LogP contribution in [0.25, 0.3) is 0 Å². The molecule has 0 amide bonds. The van der Waals surface area contributed by atoms with Gasteiger partial charge in [-0.25, -0.2) is 4.79 Å². The Balaban J connectivity index is 2.05. The van der Waals surface area contributed by atoms with Gasteiger partial charge in [0.2, 0.25) is 0 Å². The van der Waals surface area contributed by atoms with E-state index in [1.165, 1.54) is 23.9 Å². The molecule has 5 nitrogen and oxygen atoms in total. The van der Waals surface area contributed by atoms with Gasteiger partial charge in [-0.1, -0.05) is 79.8 Å². The first-order valence-corrected chi connectivity index (χ1v) is 15.0. The second-order valence-electron chi connectivity index (χ2n) is 8.87. The fourth-order valence-corrected chi connectivity index (χ4v) is 4.49. The van der Waals surface area contributed by atoms with E-state index < -0.39 is 11.4 Å². The standard InChI is InChI=1S/C33H46O5S/c1-3-4-5-6-7-8-9-10-11-12-13-14-15-16-17-18-19-22-28-39-33(37-2)31(35)26-23-27-38-32(36)29-24-20-21-25-30(29)34/h4-5,7-8,10-11,13-14,16-17,20-21,24-25,33-34H,3,6,9,12,15,18-19,22-23,26-28H2,1-2H3/b5-4-,8-7-,11-10-,14-13-,17-16-. The van der Waals surface area contributed by atoms with Crippen molar-refractivity contribution in [2.75, 3.05) is 19.5 Å². The van der Waals surface area contributed by atoms with Crippen molar-refractivity contribution in [3.63, 3.8) is 0 Å². The number of ketones is 1. The summed E-state index contributed by atoms with van der Waals surface area (Å²) in [5.41, 5.74) is -0.369. The van der Waals surface area contributed by atoms with Gasteiger partial charge in [-0.3, -0.25) is 4.79 Å². The number of unbranched alkanes of at least 4 members (excludes halogenated alkanes) is 2. The highest BCUT2D eigenvalue weighted by molar-refractivity contribution is 8.00. The Hall–Kier alpha value is -2.83. The molecule has 0 radical (unpaired) electrons. The van der Waals surface area contributed by atoms with Crippen LogP contribution in [0.4, 0.5) is 0 Å². The zero-order valence-electron chi connectivity index (χ0n) is 23.6. The van der Waals surface area contributed by atoms with Crippen LogP contribution in [0.15, 0.2) is 85.0 Å². The number of rotatable bonds is 22. The summed E-state index contributed by atoms with van der Waals surface area (Å²) >= 11 is 1.52. The van der Waals surface area contributed by atoms with Crippen LogP contribution in [0, 0.1) is 0 Å². The molecule has 214 valence electrons. The number of para-hydroxylation sites is 1. The molecule has 0 aromatic heterocycles. The van der Waals surface area contributed by atoms with E-state index in [4.69, 9.17) is 9.47 Å². The number of carbonyl (C=O) groups excluding carboxylic acids is 2. The molecular weight excluding hydrogens is 508 g/mol. The van der Waals surface area contributed by atoms with Crippen LogP contribution in [0.3, 0.4) is 0 Å². The predicted octanol–water partition coefficient (Wildman–Crippen LogP) is 8.53. The van der Waals surface area contributed by atoms with Gasteiger partial charge < -0.3 is 14.6 Å². The van der Waals surface area contributed by atoms with Gasteiger partial charge in [0, 0.05) is 13.5 Å². The summed E-state index contributed by atoms with van der Waals surface area (Å²) in [4.78, 5) is 24.4. The largest absolute Gasteiger partial charge is 0.507 e. The average Bonchev–Trinajstić information content (AvgIpc) is 2.94. The Morgan fingerprint density at radius 3 is 2.03 bits per heavy atom. The molecule has 0 spiro atoms. The molecule has 39 heavy (non-hydrogen) atoms. The second-order valence-corrected chi connectivity index (χ2v) is 10.0. The minimum Gasteiger partial charge on any atom is -0.507 e. The molecule has 0 fully saturated rings. The van der Waals surface area contributed by atoms with Crippen LogP contribution in [0.2, 0.25) is 0 Å². The van der Waals surface area contributed by atoms with Crippen LogP contribution in [0.5, 0.6) is 5.75 Å². The number of carbonyl (C=O) groups is 2. The lowest BCUT2D eigenvalue weighted by atomic mass is 10.2. The maximum absolute atomic E-state index is 12.4. The van der Waals surface area contributed by atoms with E-state index in [0.29, 0.717) is 6.42 Å². The quantitative estimate of drug-likeness (QED) is 0.0670. The van der Waals surface area contributed by atoms with Crippen molar-refractivity contribution in [3.8, 4) is 5.75 Å². The van der Waals surface area contributed by atoms with Crippen molar-refractivity contribution in [1.82, 2.24) is 0 Å². The number of phenolic OH excluding ortho intramolecular Hbond substituents is 1. The van der Waals surface area contributed by atoms with E-state index in [1.54, 1.807) is 19.2 Å². The molecule has 1 rings (SSSR count). The molecule has 0 aliphatic rings. The highest BCUT2D eigenvalue weighted by Crippen LogP contribution is 2.19. The molecule has 0 saturated heterocycles. The highest BCUT2D eigenvalue weighted by atomic mass is 32.2. The molecule has 1 aromatic carbocycles. The number of benzene rings is 1. The van der Waals surface area contributed by atoms with Crippen molar-refractivity contribution in [1.29, 1.82) is 0 Å². The Kier molecular flexibility index (Phi) is 21.2. The third-order valence-corrected chi connectivity index (χ3v) is 6.88. The van der Waals surface area contributed by atoms with Gasteiger partial charge in [-0.2, -0.15) is 0 Å². The fraction of sp³-hybridized carbons (Fsp3) is 0.455. The number of allylic oxidation sites excluding steroid dienone is 10. The van der Waals surface area contributed by atoms with Crippen molar-refractivity contribution in [2.45, 2.75) is 76.6 Å². The number of methoxy groups -OCH3 is 1. The van der Waals surface area contributed by atoms with E-state index in [-0.39, 0.29) is 30.1 Å². The summed E-state index contributed by atoms with van der Waals surface area (Å²) in [6.07, 6.45) is 30.9. The van der Waals surface area contributed by atoms with Crippen LogP contribution in [-0.2, 0) is 14.3 Å². The number of phenols is 1. The van der Waals surface area contributed by atoms with Gasteiger partial charge in [0.15, 0.2) is 11.2 Å². The number of Topliss-reactive ketones (excluding diaryl/α,β-unsaturated/α-hetero) is 1. The van der Waals surface area contributed by atoms with Crippen LogP contribution in [-0.4, -0.2) is 41.8 Å². The Bertz CT molecular complexity index is 945. The number of hydrogen-bond acceptors (Lipinski definition) is 6. The van der Waals surface area contributed by atoms with E-state index >= 15 is 0 Å². The molecule has 1 aromatic rings. The van der Waals surface area contributed by atoms with E-state index in [2.05, 4.69) is 67.7 Å². The number of aromatic hydroxyl groups is 1. The Labute approximate surface area is 239 Å². The van der Waals surface area contributed by atoms with Crippen molar-refractivity contribution in [2.24, 2.45) is 0 Å². The molecule has 1 unspecified atom stereocenters. The van der Waals surface area contributed by atoms with E-state index in [9.17, 15) is 14.7 Å². The summed E-state index contributed by atoms with van der Waals surface area (Å²) in [7, 11) is 1.55. The summed E-state index contributed by atoms with van der Waals surface area (Å²) in [6, 6.07) is 6.23. The van der Waals surface area contributed by atoms with E-state index in [0.717, 1.165) is 57.1 Å². The Morgan fingerprint density at radius 1 is 0.846 bits per heavy atom. The highest BCUT2D eigenvalue weighted by Gasteiger charge is 2.18. The topological polar surface area (TPSA) is 72.8 Å². The molecular formula is C33H46O5S.